The van der Waals surface area contributed by atoms with E-state index in [4.69, 9.17) is 0 Å². The molecule has 0 radical (unpaired) electrons. The molecule has 94 valence electrons. The van der Waals surface area contributed by atoms with Gasteiger partial charge in [0.1, 0.15) is 11.5 Å². The molecule has 0 fully saturated rings. The molecule has 0 aliphatic heterocycles. The fourth-order valence-electron chi connectivity index (χ4n) is 1.47. The van der Waals surface area contributed by atoms with Gasteiger partial charge in [0.2, 0.25) is 0 Å². The first-order valence-corrected chi connectivity index (χ1v) is 7.17. The summed E-state index contributed by atoms with van der Waals surface area (Å²) in [5.74, 6) is 1.05. The average molecular weight is 254 g/mol. The summed E-state index contributed by atoms with van der Waals surface area (Å²) in [6.07, 6.45) is 1.96. The molecule has 0 saturated heterocycles. The van der Waals surface area contributed by atoms with Crippen LogP contribution in [0.1, 0.15) is 24.8 Å². The van der Waals surface area contributed by atoms with Crippen LogP contribution in [0.4, 0.5) is 0 Å². The molecule has 0 aliphatic rings. The molecule has 1 rings (SSSR count). The van der Waals surface area contributed by atoms with Gasteiger partial charge in [-0.15, -0.1) is 0 Å². The minimum absolute atomic E-state index is 0.196. The number of methoxy groups -OCH3 is 1. The van der Waals surface area contributed by atoms with Gasteiger partial charge in [-0.1, -0.05) is 30.3 Å². The molecule has 1 aromatic carbocycles. The van der Waals surface area contributed by atoms with Crippen LogP contribution in [-0.4, -0.2) is 23.4 Å². The van der Waals surface area contributed by atoms with Crippen molar-refractivity contribution in [2.45, 2.75) is 25.0 Å². The number of esters is 1. The van der Waals surface area contributed by atoms with Crippen LogP contribution in [-0.2, 0) is 26.5 Å². The van der Waals surface area contributed by atoms with Crippen LogP contribution in [0.3, 0.4) is 0 Å². The largest absolute Gasteiger partial charge is 0.616 e. The average Bonchev–Trinajstić information content (AvgIpc) is 2.35. The van der Waals surface area contributed by atoms with Gasteiger partial charge in [0.15, 0.2) is 0 Å². The molecule has 0 aliphatic carbocycles. The normalized spacial score (nSPS) is 12.1. The van der Waals surface area contributed by atoms with E-state index >= 15 is 0 Å². The summed E-state index contributed by atoms with van der Waals surface area (Å²) in [6, 6.07) is 9.80. The molecule has 0 N–H and O–H groups in total. The van der Waals surface area contributed by atoms with Gasteiger partial charge in [-0.3, -0.25) is 4.79 Å². The van der Waals surface area contributed by atoms with Crippen molar-refractivity contribution in [1.82, 2.24) is 0 Å². The molecule has 1 unspecified atom stereocenters. The lowest BCUT2D eigenvalue weighted by atomic mass is 10.2. The monoisotopic (exact) mass is 254 g/mol. The van der Waals surface area contributed by atoms with Gasteiger partial charge in [-0.2, -0.15) is 0 Å². The van der Waals surface area contributed by atoms with Crippen molar-refractivity contribution < 1.29 is 14.1 Å². The number of benzene rings is 1. The standard InChI is InChI=1S/C13H18O3S/c1-16-13(14)9-5-6-10-17(15)11-12-7-3-2-4-8-12/h2-4,7-8H,5-6,9-11H2,1H3. The maximum Gasteiger partial charge on any atom is 0.305 e. The van der Waals surface area contributed by atoms with E-state index in [1.165, 1.54) is 7.11 Å². The SMILES string of the molecule is COC(=O)CCCC[S+]([O-])Cc1ccccc1. The van der Waals surface area contributed by atoms with Crippen molar-refractivity contribution in [2.75, 3.05) is 12.9 Å². The molecule has 0 spiro atoms. The van der Waals surface area contributed by atoms with Gasteiger partial charge in [0, 0.05) is 12.0 Å². The maximum absolute atomic E-state index is 11.7. The fourth-order valence-corrected chi connectivity index (χ4v) is 2.70. The summed E-state index contributed by atoms with van der Waals surface area (Å²) in [7, 11) is 1.38. The van der Waals surface area contributed by atoms with Crippen molar-refractivity contribution >= 4 is 17.1 Å². The Hall–Kier alpha value is -1.00. The highest BCUT2D eigenvalue weighted by atomic mass is 32.2. The van der Waals surface area contributed by atoms with Gasteiger partial charge in [0.25, 0.3) is 0 Å². The second kappa shape index (κ2) is 8.14. The number of carbonyl (C=O) groups excluding carboxylic acids is 1. The third-order valence-electron chi connectivity index (χ3n) is 2.40. The van der Waals surface area contributed by atoms with Crippen LogP contribution < -0.4 is 0 Å². The van der Waals surface area contributed by atoms with E-state index in [0.29, 0.717) is 17.9 Å². The molecule has 1 atom stereocenters. The van der Waals surface area contributed by atoms with E-state index in [-0.39, 0.29) is 5.97 Å². The van der Waals surface area contributed by atoms with Gasteiger partial charge in [-0.05, 0) is 24.0 Å². The van der Waals surface area contributed by atoms with Crippen LogP contribution in [0.5, 0.6) is 0 Å². The zero-order valence-electron chi connectivity index (χ0n) is 10.1. The van der Waals surface area contributed by atoms with Crippen LogP contribution in [0, 0.1) is 0 Å². The quantitative estimate of drug-likeness (QED) is 0.426. The lowest BCUT2D eigenvalue weighted by Gasteiger charge is -2.10. The minimum Gasteiger partial charge on any atom is -0.616 e. The maximum atomic E-state index is 11.7. The Kier molecular flexibility index (Phi) is 6.74. The lowest BCUT2D eigenvalue weighted by Crippen LogP contribution is -2.10. The third kappa shape index (κ3) is 6.34. The molecular weight excluding hydrogens is 236 g/mol. The van der Waals surface area contributed by atoms with Crippen LogP contribution in [0.2, 0.25) is 0 Å². The first-order chi connectivity index (χ1) is 8.22. The van der Waals surface area contributed by atoms with E-state index in [2.05, 4.69) is 4.74 Å². The molecule has 4 heteroatoms. The summed E-state index contributed by atoms with van der Waals surface area (Å²) in [5, 5.41) is 0. The minimum atomic E-state index is -0.840. The molecule has 0 bridgehead atoms. The molecule has 0 aromatic heterocycles. The van der Waals surface area contributed by atoms with Crippen molar-refractivity contribution in [3.63, 3.8) is 0 Å². The van der Waals surface area contributed by atoms with Gasteiger partial charge < -0.3 is 9.29 Å². The van der Waals surface area contributed by atoms with E-state index in [1.54, 1.807) is 0 Å². The summed E-state index contributed by atoms with van der Waals surface area (Å²) in [6.45, 7) is 0. The van der Waals surface area contributed by atoms with Crippen molar-refractivity contribution in [1.29, 1.82) is 0 Å². The van der Waals surface area contributed by atoms with Crippen molar-refractivity contribution in [3.05, 3.63) is 35.9 Å². The zero-order valence-corrected chi connectivity index (χ0v) is 10.9. The third-order valence-corrected chi connectivity index (χ3v) is 3.80. The topological polar surface area (TPSA) is 49.4 Å². The molecule has 0 heterocycles. The highest BCUT2D eigenvalue weighted by molar-refractivity contribution is 7.90. The highest BCUT2D eigenvalue weighted by Crippen LogP contribution is 2.09. The smallest absolute Gasteiger partial charge is 0.305 e. The van der Waals surface area contributed by atoms with Crippen LogP contribution in [0.25, 0.3) is 0 Å². The second-order valence-electron chi connectivity index (χ2n) is 3.81. The van der Waals surface area contributed by atoms with Crippen LogP contribution in [0.15, 0.2) is 30.3 Å². The molecule has 1 aromatic rings. The Bertz CT molecular complexity index is 327. The number of carbonyl (C=O) groups is 1. The van der Waals surface area contributed by atoms with E-state index in [0.717, 1.165) is 18.4 Å². The van der Waals surface area contributed by atoms with Gasteiger partial charge >= 0.3 is 5.97 Å². The molecule has 17 heavy (non-hydrogen) atoms. The first kappa shape index (κ1) is 14.1. The molecule has 0 saturated carbocycles. The fraction of sp³-hybridized carbons (Fsp3) is 0.462. The van der Waals surface area contributed by atoms with Crippen molar-refractivity contribution in [3.8, 4) is 0 Å². The van der Waals surface area contributed by atoms with Gasteiger partial charge in [0.05, 0.1) is 7.11 Å². The number of hydrogen-bond donors (Lipinski definition) is 0. The number of unbranched alkanes of at least 4 members (excludes halogenated alkanes) is 1. The van der Waals surface area contributed by atoms with E-state index < -0.39 is 11.2 Å². The van der Waals surface area contributed by atoms with E-state index in [9.17, 15) is 9.35 Å². The van der Waals surface area contributed by atoms with E-state index in [1.807, 2.05) is 30.3 Å². The Balaban J connectivity index is 2.13. The molecule has 3 nitrogen and oxygen atoms in total. The Morgan fingerprint density at radius 3 is 2.65 bits per heavy atom. The Labute approximate surface area is 105 Å². The molecule has 0 amide bonds. The number of ether oxygens (including phenoxy) is 1. The summed E-state index contributed by atoms with van der Waals surface area (Å²) < 4.78 is 16.3. The summed E-state index contributed by atoms with van der Waals surface area (Å²) in [4.78, 5) is 10.8. The lowest BCUT2D eigenvalue weighted by molar-refractivity contribution is -0.140. The predicted molar refractivity (Wildman–Crippen MR) is 69.0 cm³/mol. The summed E-state index contributed by atoms with van der Waals surface area (Å²) >= 11 is -0.840. The first-order valence-electron chi connectivity index (χ1n) is 5.68. The predicted octanol–water partition coefficient (Wildman–Crippen LogP) is 2.28. The van der Waals surface area contributed by atoms with Crippen molar-refractivity contribution in [2.24, 2.45) is 0 Å². The summed E-state index contributed by atoms with van der Waals surface area (Å²) in [5.41, 5.74) is 1.10. The highest BCUT2D eigenvalue weighted by Gasteiger charge is 2.08. The number of hydrogen-bond acceptors (Lipinski definition) is 3. The second-order valence-corrected chi connectivity index (χ2v) is 5.38. The number of rotatable bonds is 7. The Morgan fingerprint density at radius 2 is 2.00 bits per heavy atom. The zero-order chi connectivity index (χ0) is 12.5. The Morgan fingerprint density at radius 1 is 1.29 bits per heavy atom. The van der Waals surface area contributed by atoms with Crippen LogP contribution >= 0.6 is 0 Å². The molecular formula is C13H18O3S. The van der Waals surface area contributed by atoms with Gasteiger partial charge in [-0.25, -0.2) is 0 Å².